The Balaban J connectivity index is 2.04. The van der Waals surface area contributed by atoms with Crippen molar-refractivity contribution in [2.24, 2.45) is 0 Å². The first kappa shape index (κ1) is 14.3. The zero-order valence-electron chi connectivity index (χ0n) is 11.9. The van der Waals surface area contributed by atoms with Crippen LogP contribution in [0.2, 0.25) is 0 Å². The van der Waals surface area contributed by atoms with Crippen LogP contribution in [0.1, 0.15) is 18.1 Å². The van der Waals surface area contributed by atoms with Gasteiger partial charge < -0.3 is 14.6 Å². The second-order valence-corrected chi connectivity index (χ2v) is 4.65. The molecule has 1 heterocycles. The minimum Gasteiger partial charge on any atom is -0.380 e. The topological polar surface area (TPSA) is 43.3 Å². The first-order valence-corrected chi connectivity index (χ1v) is 6.74. The Hall–Kier alpha value is -2.07. The lowest BCUT2D eigenvalue weighted by Crippen LogP contribution is -2.17. The number of methoxy groups -OCH3 is 1. The highest BCUT2D eigenvalue weighted by atomic mass is 16.5. The third-order valence-electron chi connectivity index (χ3n) is 3.12. The Labute approximate surface area is 119 Å². The molecule has 0 aliphatic heterocycles. The molecule has 1 aromatic heterocycles. The van der Waals surface area contributed by atoms with E-state index in [-0.39, 0.29) is 5.56 Å². The summed E-state index contributed by atoms with van der Waals surface area (Å²) in [6.45, 7) is 3.98. The molecule has 20 heavy (non-hydrogen) atoms. The summed E-state index contributed by atoms with van der Waals surface area (Å²) in [6, 6.07) is 11.7. The minimum atomic E-state index is 0.0279. The van der Waals surface area contributed by atoms with E-state index in [2.05, 4.69) is 17.4 Å². The third-order valence-corrected chi connectivity index (χ3v) is 3.12. The third kappa shape index (κ3) is 3.71. The van der Waals surface area contributed by atoms with Gasteiger partial charge in [0.05, 0.1) is 12.3 Å². The molecule has 1 N–H and O–H groups in total. The number of pyridine rings is 1. The van der Waals surface area contributed by atoms with E-state index in [1.165, 1.54) is 5.56 Å². The van der Waals surface area contributed by atoms with Gasteiger partial charge in [0, 0.05) is 32.5 Å². The smallest absolute Gasteiger partial charge is 0.250 e. The van der Waals surface area contributed by atoms with Crippen LogP contribution < -0.4 is 10.9 Å². The molecule has 0 bridgehead atoms. The number of nitrogens with zero attached hydrogens (tertiary/aromatic N) is 1. The van der Waals surface area contributed by atoms with Gasteiger partial charge in [0.1, 0.15) is 0 Å². The number of nitrogens with one attached hydrogen (secondary N) is 1. The summed E-state index contributed by atoms with van der Waals surface area (Å²) in [6.07, 6.45) is 1.85. The molecule has 4 heteroatoms. The van der Waals surface area contributed by atoms with Crippen molar-refractivity contribution >= 4 is 5.69 Å². The van der Waals surface area contributed by atoms with Gasteiger partial charge in [0.25, 0.3) is 5.56 Å². The fourth-order valence-electron chi connectivity index (χ4n) is 2.08. The zero-order valence-corrected chi connectivity index (χ0v) is 11.9. The fourth-order valence-corrected chi connectivity index (χ4v) is 2.08. The first-order valence-electron chi connectivity index (χ1n) is 6.74. The van der Waals surface area contributed by atoms with Gasteiger partial charge in [0.15, 0.2) is 0 Å². The van der Waals surface area contributed by atoms with Crippen molar-refractivity contribution in [3.63, 3.8) is 0 Å². The fraction of sp³-hybridized carbons (Fsp3) is 0.312. The SMILES string of the molecule is CCn1cc(NCc2cccc(COC)c2)ccc1=O. The van der Waals surface area contributed by atoms with Gasteiger partial charge in [-0.05, 0) is 24.1 Å². The predicted octanol–water partition coefficient (Wildman–Crippen LogP) is 2.63. The molecule has 106 valence electrons. The van der Waals surface area contributed by atoms with Crippen molar-refractivity contribution < 1.29 is 4.74 Å². The Morgan fingerprint density at radius 2 is 2.00 bits per heavy atom. The maximum absolute atomic E-state index is 11.5. The molecule has 0 aliphatic carbocycles. The molecule has 2 rings (SSSR count). The summed E-state index contributed by atoms with van der Waals surface area (Å²) in [5.41, 5.74) is 3.32. The molecule has 0 radical (unpaired) electrons. The Bertz CT molecular complexity index is 620. The van der Waals surface area contributed by atoms with Crippen LogP contribution in [0.4, 0.5) is 5.69 Å². The molecule has 0 saturated carbocycles. The molecule has 1 aromatic carbocycles. The van der Waals surface area contributed by atoms with E-state index in [4.69, 9.17) is 4.74 Å². The van der Waals surface area contributed by atoms with Crippen LogP contribution in [0.15, 0.2) is 47.4 Å². The van der Waals surface area contributed by atoms with E-state index in [1.54, 1.807) is 17.7 Å². The van der Waals surface area contributed by atoms with Crippen molar-refractivity contribution in [1.29, 1.82) is 0 Å². The number of hydrogen-bond donors (Lipinski definition) is 1. The summed E-state index contributed by atoms with van der Waals surface area (Å²) >= 11 is 0. The number of ether oxygens (including phenoxy) is 1. The molecular formula is C16H20N2O2. The number of rotatable bonds is 6. The highest BCUT2D eigenvalue weighted by molar-refractivity contribution is 5.41. The van der Waals surface area contributed by atoms with Gasteiger partial charge in [-0.25, -0.2) is 0 Å². The van der Waals surface area contributed by atoms with Crippen molar-refractivity contribution in [2.75, 3.05) is 12.4 Å². The summed E-state index contributed by atoms with van der Waals surface area (Å²) in [5, 5.41) is 3.33. The molecular weight excluding hydrogens is 252 g/mol. The molecule has 0 amide bonds. The van der Waals surface area contributed by atoms with Gasteiger partial charge in [-0.1, -0.05) is 24.3 Å². The van der Waals surface area contributed by atoms with Crippen LogP contribution in [-0.2, 0) is 24.4 Å². The van der Waals surface area contributed by atoms with Crippen LogP contribution in [0, 0.1) is 0 Å². The maximum atomic E-state index is 11.5. The van der Waals surface area contributed by atoms with E-state index in [1.807, 2.05) is 31.3 Å². The van der Waals surface area contributed by atoms with E-state index >= 15 is 0 Å². The average Bonchev–Trinajstić information content (AvgIpc) is 2.47. The van der Waals surface area contributed by atoms with E-state index in [0.717, 1.165) is 17.8 Å². The Morgan fingerprint density at radius 1 is 1.20 bits per heavy atom. The molecule has 0 atom stereocenters. The number of aryl methyl sites for hydroxylation is 1. The van der Waals surface area contributed by atoms with E-state index in [9.17, 15) is 4.79 Å². The Kier molecular flexibility index (Phi) is 4.96. The molecule has 2 aromatic rings. The molecule has 4 nitrogen and oxygen atoms in total. The van der Waals surface area contributed by atoms with Gasteiger partial charge in [-0.2, -0.15) is 0 Å². The molecule has 0 saturated heterocycles. The lowest BCUT2D eigenvalue weighted by molar-refractivity contribution is 0.185. The van der Waals surface area contributed by atoms with Crippen LogP contribution in [-0.4, -0.2) is 11.7 Å². The second-order valence-electron chi connectivity index (χ2n) is 4.65. The highest BCUT2D eigenvalue weighted by Crippen LogP contribution is 2.10. The summed E-state index contributed by atoms with van der Waals surface area (Å²) < 4.78 is 6.81. The number of benzene rings is 1. The lowest BCUT2D eigenvalue weighted by atomic mass is 10.1. The van der Waals surface area contributed by atoms with Crippen molar-refractivity contribution in [3.8, 4) is 0 Å². The van der Waals surface area contributed by atoms with Crippen molar-refractivity contribution in [2.45, 2.75) is 26.6 Å². The first-order chi connectivity index (χ1) is 9.72. The van der Waals surface area contributed by atoms with Crippen LogP contribution in [0.5, 0.6) is 0 Å². The van der Waals surface area contributed by atoms with E-state index < -0.39 is 0 Å². The zero-order chi connectivity index (χ0) is 14.4. The van der Waals surface area contributed by atoms with Crippen molar-refractivity contribution in [3.05, 3.63) is 64.1 Å². The standard InChI is InChI=1S/C16H20N2O2/c1-3-18-11-15(7-8-16(18)19)17-10-13-5-4-6-14(9-13)12-20-2/h4-9,11,17H,3,10,12H2,1-2H3. The van der Waals surface area contributed by atoms with Gasteiger partial charge >= 0.3 is 0 Å². The normalized spacial score (nSPS) is 10.5. The predicted molar refractivity (Wildman–Crippen MR) is 80.9 cm³/mol. The number of aromatic nitrogens is 1. The van der Waals surface area contributed by atoms with E-state index in [0.29, 0.717) is 13.2 Å². The Morgan fingerprint density at radius 3 is 2.75 bits per heavy atom. The summed E-state index contributed by atoms with van der Waals surface area (Å²) in [4.78, 5) is 11.5. The number of hydrogen-bond acceptors (Lipinski definition) is 3. The minimum absolute atomic E-state index is 0.0279. The molecule has 0 aliphatic rings. The van der Waals surface area contributed by atoms with Crippen LogP contribution in [0.3, 0.4) is 0 Å². The average molecular weight is 272 g/mol. The van der Waals surface area contributed by atoms with Gasteiger partial charge in [-0.15, -0.1) is 0 Å². The largest absolute Gasteiger partial charge is 0.380 e. The van der Waals surface area contributed by atoms with Gasteiger partial charge in [0.2, 0.25) is 0 Å². The molecule has 0 spiro atoms. The quantitative estimate of drug-likeness (QED) is 0.879. The second kappa shape index (κ2) is 6.91. The van der Waals surface area contributed by atoms with Crippen LogP contribution >= 0.6 is 0 Å². The van der Waals surface area contributed by atoms with Crippen molar-refractivity contribution in [1.82, 2.24) is 4.57 Å². The highest BCUT2D eigenvalue weighted by Gasteiger charge is 1.99. The van der Waals surface area contributed by atoms with Gasteiger partial charge in [-0.3, -0.25) is 4.79 Å². The number of anilines is 1. The maximum Gasteiger partial charge on any atom is 0.250 e. The molecule has 0 unspecified atom stereocenters. The lowest BCUT2D eigenvalue weighted by Gasteiger charge is -2.10. The summed E-state index contributed by atoms with van der Waals surface area (Å²) in [5.74, 6) is 0. The summed E-state index contributed by atoms with van der Waals surface area (Å²) in [7, 11) is 1.69. The van der Waals surface area contributed by atoms with Crippen LogP contribution in [0.25, 0.3) is 0 Å². The molecule has 0 fully saturated rings. The monoisotopic (exact) mass is 272 g/mol.